The van der Waals surface area contributed by atoms with Crippen LogP contribution in [0, 0.1) is 0 Å². The fourth-order valence-corrected chi connectivity index (χ4v) is 4.51. The molecule has 0 aliphatic carbocycles. The summed E-state index contributed by atoms with van der Waals surface area (Å²) in [6.07, 6.45) is 4.85. The summed E-state index contributed by atoms with van der Waals surface area (Å²) in [5.74, 6) is 1.17. The van der Waals surface area contributed by atoms with Gasteiger partial charge in [-0.05, 0) is 43.9 Å². The molecule has 3 heterocycles. The van der Waals surface area contributed by atoms with Crippen LogP contribution in [0.25, 0.3) is 11.3 Å². The number of ether oxygens (including phenoxy) is 2. The van der Waals surface area contributed by atoms with Gasteiger partial charge in [-0.1, -0.05) is 6.92 Å². The zero-order valence-corrected chi connectivity index (χ0v) is 18.3. The molecule has 2 aliphatic heterocycles. The molecule has 0 spiro atoms. The Morgan fingerprint density at radius 1 is 1.19 bits per heavy atom. The standard InChI is InChI=1S/C24H28N2O5/c1-4-17-10-16-11-23(31-9-8-25-7-5-6-24(25)29)22(30-3)12-18(16)20-13-21(28)19(15(2)27)14-26(17)20/h11-14,17H,4-10H2,1-3H3. The minimum Gasteiger partial charge on any atom is -0.493 e. The fourth-order valence-electron chi connectivity index (χ4n) is 4.51. The van der Waals surface area contributed by atoms with Crippen LogP contribution in [0.15, 0.2) is 29.2 Å². The SMILES string of the molecule is CCC1Cc2cc(OCCN3CCCC3=O)c(OC)cc2-c2cc(=O)c(C(C)=O)cn21. The van der Waals surface area contributed by atoms with Gasteiger partial charge in [0.05, 0.1) is 24.9 Å². The molecular weight excluding hydrogens is 396 g/mol. The predicted molar refractivity (Wildman–Crippen MR) is 117 cm³/mol. The molecule has 0 saturated carbocycles. The summed E-state index contributed by atoms with van der Waals surface area (Å²) in [6, 6.07) is 5.58. The Morgan fingerprint density at radius 2 is 2.00 bits per heavy atom. The lowest BCUT2D eigenvalue weighted by molar-refractivity contribution is -0.128. The highest BCUT2D eigenvalue weighted by Gasteiger charge is 2.27. The molecule has 0 radical (unpaired) electrons. The molecule has 1 aromatic heterocycles. The van der Waals surface area contributed by atoms with E-state index in [2.05, 4.69) is 6.92 Å². The second-order valence-corrected chi connectivity index (χ2v) is 8.16. The van der Waals surface area contributed by atoms with E-state index in [1.165, 1.54) is 6.92 Å². The predicted octanol–water partition coefficient (Wildman–Crippen LogP) is 3.23. The van der Waals surface area contributed by atoms with Crippen LogP contribution in [-0.4, -0.2) is 48.0 Å². The molecule has 7 heteroatoms. The van der Waals surface area contributed by atoms with Crippen LogP contribution in [0.3, 0.4) is 0 Å². The molecule has 164 valence electrons. The monoisotopic (exact) mass is 424 g/mol. The number of methoxy groups -OCH3 is 1. The molecule has 2 aliphatic rings. The number of carbonyl (C=O) groups excluding carboxylic acids is 2. The molecule has 1 saturated heterocycles. The van der Waals surface area contributed by atoms with Gasteiger partial charge in [-0.2, -0.15) is 0 Å². The number of fused-ring (bicyclic) bond motifs is 3. The molecule has 1 aromatic carbocycles. The lowest BCUT2D eigenvalue weighted by Gasteiger charge is -2.31. The van der Waals surface area contributed by atoms with Crippen molar-refractivity contribution < 1.29 is 19.1 Å². The minimum absolute atomic E-state index is 0.143. The van der Waals surface area contributed by atoms with Crippen LogP contribution >= 0.6 is 0 Å². The topological polar surface area (TPSA) is 77.8 Å². The van der Waals surface area contributed by atoms with Crippen LogP contribution in [0.4, 0.5) is 0 Å². The van der Waals surface area contributed by atoms with Crippen molar-refractivity contribution in [2.45, 2.75) is 45.6 Å². The summed E-state index contributed by atoms with van der Waals surface area (Å²) in [5, 5.41) is 0. The Morgan fingerprint density at radius 3 is 2.65 bits per heavy atom. The molecule has 0 bridgehead atoms. The van der Waals surface area contributed by atoms with Crippen LogP contribution in [0.2, 0.25) is 0 Å². The Balaban J connectivity index is 1.67. The van der Waals surface area contributed by atoms with Crippen LogP contribution in [0.5, 0.6) is 11.5 Å². The average molecular weight is 424 g/mol. The molecule has 7 nitrogen and oxygen atoms in total. The van der Waals surface area contributed by atoms with Gasteiger partial charge in [0, 0.05) is 36.8 Å². The van der Waals surface area contributed by atoms with Crippen LogP contribution in [-0.2, 0) is 11.2 Å². The zero-order valence-electron chi connectivity index (χ0n) is 18.3. The number of rotatable bonds is 7. The Hall–Kier alpha value is -3.09. The number of nitrogens with zero attached hydrogens (tertiary/aromatic N) is 2. The number of carbonyl (C=O) groups is 2. The number of benzene rings is 1. The van der Waals surface area contributed by atoms with E-state index in [4.69, 9.17) is 9.47 Å². The lowest BCUT2D eigenvalue weighted by atomic mass is 9.90. The van der Waals surface area contributed by atoms with Crippen molar-refractivity contribution >= 4 is 11.7 Å². The van der Waals surface area contributed by atoms with Gasteiger partial charge in [0.2, 0.25) is 5.91 Å². The first kappa shape index (κ1) is 21.2. The molecular formula is C24H28N2O5. The summed E-state index contributed by atoms with van der Waals surface area (Å²) in [6.45, 7) is 5.26. The Kier molecular flexibility index (Phi) is 5.85. The van der Waals surface area contributed by atoms with Crippen molar-refractivity contribution in [2.24, 2.45) is 0 Å². The quantitative estimate of drug-likeness (QED) is 0.638. The average Bonchev–Trinajstić information content (AvgIpc) is 3.16. The zero-order chi connectivity index (χ0) is 22.1. The summed E-state index contributed by atoms with van der Waals surface area (Å²) in [4.78, 5) is 38.0. The van der Waals surface area contributed by atoms with Crippen molar-refractivity contribution in [1.29, 1.82) is 0 Å². The van der Waals surface area contributed by atoms with Crippen molar-refractivity contribution in [1.82, 2.24) is 9.47 Å². The molecule has 2 aromatic rings. The maximum absolute atomic E-state index is 12.5. The maximum atomic E-state index is 12.5. The van der Waals surface area contributed by atoms with E-state index in [1.54, 1.807) is 19.4 Å². The summed E-state index contributed by atoms with van der Waals surface area (Å²) >= 11 is 0. The highest BCUT2D eigenvalue weighted by atomic mass is 16.5. The fraction of sp³-hybridized carbons (Fsp3) is 0.458. The van der Waals surface area contributed by atoms with E-state index in [9.17, 15) is 14.4 Å². The van der Waals surface area contributed by atoms with Gasteiger partial charge in [-0.25, -0.2) is 0 Å². The highest BCUT2D eigenvalue weighted by molar-refractivity contribution is 5.94. The number of pyridine rings is 1. The van der Waals surface area contributed by atoms with Crippen LogP contribution in [0.1, 0.15) is 55.1 Å². The Labute approximate surface area is 181 Å². The number of likely N-dealkylation sites (tertiary alicyclic amines) is 1. The van der Waals surface area contributed by atoms with E-state index in [-0.39, 0.29) is 28.7 Å². The summed E-state index contributed by atoms with van der Waals surface area (Å²) < 4.78 is 13.6. The molecule has 4 rings (SSSR count). The van der Waals surface area contributed by atoms with E-state index in [1.807, 2.05) is 21.6 Å². The summed E-state index contributed by atoms with van der Waals surface area (Å²) in [7, 11) is 1.59. The first-order chi connectivity index (χ1) is 14.9. The van der Waals surface area contributed by atoms with Gasteiger partial charge in [0.25, 0.3) is 0 Å². The smallest absolute Gasteiger partial charge is 0.222 e. The van der Waals surface area contributed by atoms with E-state index in [0.717, 1.165) is 42.6 Å². The summed E-state index contributed by atoms with van der Waals surface area (Å²) in [5.41, 5.74) is 2.73. The second-order valence-electron chi connectivity index (χ2n) is 8.16. The number of hydrogen-bond donors (Lipinski definition) is 0. The number of aromatic nitrogens is 1. The lowest BCUT2D eigenvalue weighted by Crippen LogP contribution is -2.29. The largest absolute Gasteiger partial charge is 0.493 e. The van der Waals surface area contributed by atoms with Crippen molar-refractivity contribution in [3.63, 3.8) is 0 Å². The van der Waals surface area contributed by atoms with E-state index in [0.29, 0.717) is 31.1 Å². The number of ketones is 1. The van der Waals surface area contributed by atoms with Gasteiger partial charge in [-0.15, -0.1) is 0 Å². The van der Waals surface area contributed by atoms with Crippen molar-refractivity contribution in [2.75, 3.05) is 26.8 Å². The first-order valence-electron chi connectivity index (χ1n) is 10.8. The number of hydrogen-bond acceptors (Lipinski definition) is 5. The van der Waals surface area contributed by atoms with Gasteiger partial charge in [-0.3, -0.25) is 14.4 Å². The van der Waals surface area contributed by atoms with Crippen molar-refractivity contribution in [3.8, 4) is 22.8 Å². The highest BCUT2D eigenvalue weighted by Crippen LogP contribution is 2.41. The van der Waals surface area contributed by atoms with Gasteiger partial charge in [0.15, 0.2) is 22.7 Å². The molecule has 31 heavy (non-hydrogen) atoms. The molecule has 1 atom stereocenters. The minimum atomic E-state index is -0.268. The van der Waals surface area contributed by atoms with Crippen molar-refractivity contribution in [3.05, 3.63) is 45.7 Å². The molecule has 1 unspecified atom stereocenters. The number of Topliss-reactive ketones (excluding diaryl/α,β-unsaturated/α-hetero) is 1. The van der Waals surface area contributed by atoms with Gasteiger partial charge in [0.1, 0.15) is 6.61 Å². The first-order valence-corrected chi connectivity index (χ1v) is 10.8. The molecule has 1 fully saturated rings. The van der Waals surface area contributed by atoms with Crippen LogP contribution < -0.4 is 14.9 Å². The molecule has 1 amide bonds. The third-order valence-corrected chi connectivity index (χ3v) is 6.23. The maximum Gasteiger partial charge on any atom is 0.222 e. The van der Waals surface area contributed by atoms with E-state index < -0.39 is 0 Å². The number of amides is 1. The van der Waals surface area contributed by atoms with Gasteiger partial charge >= 0.3 is 0 Å². The normalized spacial score (nSPS) is 17.3. The second kappa shape index (κ2) is 8.57. The third-order valence-electron chi connectivity index (χ3n) is 6.23. The van der Waals surface area contributed by atoms with Gasteiger partial charge < -0.3 is 18.9 Å². The van der Waals surface area contributed by atoms with E-state index >= 15 is 0 Å². The molecule has 0 N–H and O–H groups in total. The third kappa shape index (κ3) is 3.96. The Bertz CT molecular complexity index is 1090.